The number of carbonyl (C=O) groups is 3. The molecular weight excluding hydrogens is 386 g/mol. The standard InChI is InChI=1S/C19H14ClN3O5/c1-11-18(23(28)15-5-3-2-4-14(15)22(11)27)16(24)10-17(25)19(26)21-13-8-6-12(20)7-9-13/h2-9H,10H2,1H3,(H,21,26). The third-order valence-electron chi connectivity index (χ3n) is 4.11. The van der Waals surface area contributed by atoms with E-state index in [1.54, 1.807) is 12.1 Å². The molecule has 0 saturated heterocycles. The van der Waals surface area contributed by atoms with Crippen molar-refractivity contribution in [3.05, 3.63) is 75.1 Å². The number of nitrogens with zero attached hydrogens (tertiary/aromatic N) is 2. The highest BCUT2D eigenvalue weighted by atomic mass is 35.5. The predicted octanol–water partition coefficient (Wildman–Crippen LogP) is 2.64. The zero-order chi connectivity index (χ0) is 20.4. The first-order valence-electron chi connectivity index (χ1n) is 8.17. The van der Waals surface area contributed by atoms with Crippen LogP contribution in [0.5, 0.6) is 0 Å². The Balaban J connectivity index is 1.84. The number of halogens is 1. The van der Waals surface area contributed by atoms with Crippen molar-refractivity contribution in [2.75, 3.05) is 5.32 Å². The number of ketones is 2. The van der Waals surface area contributed by atoms with Gasteiger partial charge in [0, 0.05) is 21.7 Å². The summed E-state index contributed by atoms with van der Waals surface area (Å²) in [6.07, 6.45) is -0.846. The van der Waals surface area contributed by atoms with Gasteiger partial charge < -0.3 is 15.3 Å². The molecule has 1 N–H and O–H groups in total. The normalized spacial score (nSPS) is 10.6. The van der Waals surface area contributed by atoms with Gasteiger partial charge in [0.1, 0.15) is 5.52 Å². The largest absolute Gasteiger partial charge is 0.805 e. The fourth-order valence-corrected chi connectivity index (χ4v) is 2.84. The summed E-state index contributed by atoms with van der Waals surface area (Å²) < 4.78 is 0.765. The third kappa shape index (κ3) is 3.63. The number of hydrogen-bond donors (Lipinski definition) is 1. The van der Waals surface area contributed by atoms with Crippen LogP contribution in [-0.2, 0) is 9.59 Å². The molecule has 1 amide bonds. The molecule has 0 unspecified atom stereocenters. The Morgan fingerprint density at radius 2 is 1.75 bits per heavy atom. The van der Waals surface area contributed by atoms with Gasteiger partial charge in [-0.3, -0.25) is 14.4 Å². The van der Waals surface area contributed by atoms with Crippen LogP contribution >= 0.6 is 11.6 Å². The molecule has 2 aromatic carbocycles. The topological polar surface area (TPSA) is 114 Å². The lowest BCUT2D eigenvalue weighted by atomic mass is 10.1. The molecular formula is C19H14ClN3O5. The fourth-order valence-electron chi connectivity index (χ4n) is 2.71. The maximum Gasteiger partial charge on any atom is 0.325 e. The summed E-state index contributed by atoms with van der Waals surface area (Å²) in [5, 5.41) is 15.1. The van der Waals surface area contributed by atoms with E-state index in [0.717, 1.165) is 0 Å². The van der Waals surface area contributed by atoms with Gasteiger partial charge in [0.05, 0.1) is 16.5 Å². The van der Waals surface area contributed by atoms with Gasteiger partial charge in [0.15, 0.2) is 0 Å². The van der Waals surface area contributed by atoms with Crippen molar-refractivity contribution >= 4 is 45.8 Å². The number of nitrogens with one attached hydrogen (secondary N) is 1. The average molecular weight is 400 g/mol. The lowest BCUT2D eigenvalue weighted by molar-refractivity contribution is -0.468. The van der Waals surface area contributed by atoms with Crippen LogP contribution < -0.4 is 9.74 Å². The lowest BCUT2D eigenvalue weighted by Gasteiger charge is -2.15. The van der Waals surface area contributed by atoms with Crippen molar-refractivity contribution in [2.45, 2.75) is 13.3 Å². The van der Waals surface area contributed by atoms with E-state index in [-0.39, 0.29) is 16.7 Å². The van der Waals surface area contributed by atoms with Crippen molar-refractivity contribution in [3.63, 3.8) is 0 Å². The van der Waals surface area contributed by atoms with Gasteiger partial charge in [-0.05, 0) is 37.3 Å². The minimum atomic E-state index is -1.04. The number of benzene rings is 2. The van der Waals surface area contributed by atoms with Crippen LogP contribution in [0.2, 0.25) is 5.02 Å². The third-order valence-corrected chi connectivity index (χ3v) is 4.36. The predicted molar refractivity (Wildman–Crippen MR) is 103 cm³/mol. The smallest absolute Gasteiger partial charge is 0.325 e. The number of para-hydroxylation sites is 2. The quantitative estimate of drug-likeness (QED) is 0.306. The molecule has 0 atom stereocenters. The number of Topliss-reactive ketones (excluding diaryl/α,β-unsaturated/α-hetero) is 2. The first-order chi connectivity index (χ1) is 13.3. The molecule has 142 valence electrons. The highest BCUT2D eigenvalue weighted by Gasteiger charge is 2.30. The minimum absolute atomic E-state index is 0.00971. The second-order valence-corrected chi connectivity index (χ2v) is 6.43. The van der Waals surface area contributed by atoms with Gasteiger partial charge in [-0.25, -0.2) is 0 Å². The van der Waals surface area contributed by atoms with Crippen molar-refractivity contribution in [1.29, 1.82) is 0 Å². The molecule has 9 heteroatoms. The van der Waals surface area contributed by atoms with Crippen molar-refractivity contribution in [3.8, 4) is 0 Å². The molecule has 0 aliphatic carbocycles. The van der Waals surface area contributed by atoms with E-state index in [2.05, 4.69) is 5.32 Å². The minimum Gasteiger partial charge on any atom is -0.805 e. The second-order valence-electron chi connectivity index (χ2n) is 6.00. The highest BCUT2D eigenvalue weighted by Crippen LogP contribution is 2.16. The van der Waals surface area contributed by atoms with Crippen LogP contribution in [0.1, 0.15) is 22.6 Å². The van der Waals surface area contributed by atoms with Crippen LogP contribution in [0.4, 0.5) is 5.69 Å². The summed E-state index contributed by atoms with van der Waals surface area (Å²) in [6, 6.07) is 12.0. The SMILES string of the molecule is Cc1c(C(=O)CC(=O)C(=O)Nc2ccc(Cl)cc2)[n+](=O)c2ccccc2n1[O-]. The maximum absolute atomic E-state index is 12.5. The van der Waals surface area contributed by atoms with E-state index < -0.39 is 29.6 Å². The Kier molecular flexibility index (Phi) is 5.23. The average Bonchev–Trinajstić information content (AvgIpc) is 2.68. The number of amides is 1. The maximum atomic E-state index is 12.5. The zero-order valence-corrected chi connectivity index (χ0v) is 15.4. The molecule has 0 spiro atoms. The van der Waals surface area contributed by atoms with Crippen molar-refractivity contribution in [1.82, 2.24) is 4.73 Å². The molecule has 1 aromatic heterocycles. The Bertz CT molecular complexity index is 1170. The Labute approximate surface area is 163 Å². The van der Waals surface area contributed by atoms with E-state index >= 15 is 0 Å². The first kappa shape index (κ1) is 19.2. The molecule has 3 aromatic rings. The number of fused-ring (bicyclic) bond motifs is 1. The number of anilines is 1. The summed E-state index contributed by atoms with van der Waals surface area (Å²) in [7, 11) is 0. The van der Waals surface area contributed by atoms with Crippen LogP contribution in [0, 0.1) is 17.0 Å². The van der Waals surface area contributed by atoms with E-state index in [0.29, 0.717) is 19.9 Å². The molecule has 3 rings (SSSR count). The Morgan fingerprint density at radius 1 is 1.11 bits per heavy atom. The molecule has 0 radical (unpaired) electrons. The molecule has 0 aliphatic rings. The van der Waals surface area contributed by atoms with E-state index in [1.165, 1.54) is 43.3 Å². The first-order valence-corrected chi connectivity index (χ1v) is 8.54. The summed E-state index contributed by atoms with van der Waals surface area (Å²) >= 11 is 5.75. The molecule has 28 heavy (non-hydrogen) atoms. The van der Waals surface area contributed by atoms with Crippen LogP contribution in [-0.4, -0.2) is 22.2 Å². The monoisotopic (exact) mass is 399 g/mol. The molecule has 0 bridgehead atoms. The van der Waals surface area contributed by atoms with Crippen molar-refractivity contribution < 1.29 is 18.8 Å². The summed E-state index contributed by atoms with van der Waals surface area (Å²) in [5.41, 5.74) is -0.206. The zero-order valence-electron chi connectivity index (χ0n) is 14.6. The lowest BCUT2D eigenvalue weighted by Crippen LogP contribution is -2.33. The number of aromatic nitrogens is 2. The molecule has 0 fully saturated rings. The molecule has 8 nitrogen and oxygen atoms in total. The molecule has 1 heterocycles. The van der Waals surface area contributed by atoms with Gasteiger partial charge in [-0.15, -0.1) is 0 Å². The van der Waals surface area contributed by atoms with Gasteiger partial charge >= 0.3 is 5.69 Å². The second kappa shape index (κ2) is 7.61. The van der Waals surface area contributed by atoms with Gasteiger partial charge in [0.25, 0.3) is 11.4 Å². The van der Waals surface area contributed by atoms with Gasteiger partial charge in [-0.1, -0.05) is 23.7 Å². The van der Waals surface area contributed by atoms with Crippen molar-refractivity contribution in [2.24, 2.45) is 0 Å². The number of rotatable bonds is 5. The van der Waals surface area contributed by atoms with Crippen LogP contribution in [0.3, 0.4) is 0 Å². The van der Waals surface area contributed by atoms with E-state index in [4.69, 9.17) is 11.6 Å². The Hall–Kier alpha value is -3.52. The number of carbonyl (C=O) groups excluding carboxylic acids is 3. The number of hydrogen-bond acceptors (Lipinski definition) is 5. The van der Waals surface area contributed by atoms with Gasteiger partial charge in [0.2, 0.25) is 11.6 Å². The summed E-state index contributed by atoms with van der Waals surface area (Å²) in [4.78, 5) is 49.2. The van der Waals surface area contributed by atoms with Crippen LogP contribution in [0.25, 0.3) is 11.0 Å². The molecule has 0 saturated carbocycles. The van der Waals surface area contributed by atoms with E-state index in [1.807, 2.05) is 0 Å². The highest BCUT2D eigenvalue weighted by molar-refractivity contribution is 6.44. The fraction of sp³-hybridized carbons (Fsp3) is 0.105. The summed E-state index contributed by atoms with van der Waals surface area (Å²) in [6.45, 7) is 1.30. The van der Waals surface area contributed by atoms with Crippen LogP contribution in [0.15, 0.2) is 48.5 Å². The molecule has 0 aliphatic heterocycles. The summed E-state index contributed by atoms with van der Waals surface area (Å²) in [5.74, 6) is -2.97. The van der Waals surface area contributed by atoms with E-state index in [9.17, 15) is 24.5 Å². The Morgan fingerprint density at radius 3 is 2.43 bits per heavy atom. The van der Waals surface area contributed by atoms with Gasteiger partial charge in [-0.2, -0.15) is 0 Å².